The number of para-hydroxylation sites is 1. The lowest BCUT2D eigenvalue weighted by Crippen LogP contribution is -2.35. The van der Waals surface area contributed by atoms with Gasteiger partial charge in [-0.25, -0.2) is 14.5 Å². The van der Waals surface area contributed by atoms with Crippen molar-refractivity contribution in [1.82, 2.24) is 29.5 Å². The fourth-order valence-electron chi connectivity index (χ4n) is 3.50. The lowest BCUT2D eigenvalue weighted by atomic mass is 10.2. The summed E-state index contributed by atoms with van der Waals surface area (Å²) in [5.41, 5.74) is 0.803. The summed E-state index contributed by atoms with van der Waals surface area (Å²) in [5.74, 6) is -0.222. The number of nitrogens with one attached hydrogen (secondary N) is 2. The van der Waals surface area contributed by atoms with E-state index in [2.05, 4.69) is 25.0 Å². The predicted molar refractivity (Wildman–Crippen MR) is 155 cm³/mol. The molecule has 0 fully saturated rings. The molecule has 2 aromatic carbocycles. The molecular weight excluding hydrogens is 565 g/mol. The molecule has 1 unspecified atom stereocenters. The van der Waals surface area contributed by atoms with Crippen molar-refractivity contribution in [2.75, 3.05) is 27.3 Å². The summed E-state index contributed by atoms with van der Waals surface area (Å²) >= 11 is 0. The van der Waals surface area contributed by atoms with E-state index >= 15 is 0 Å². The highest BCUT2D eigenvalue weighted by molar-refractivity contribution is 7.52. The maximum absolute atomic E-state index is 13.6. The van der Waals surface area contributed by atoms with Gasteiger partial charge in [-0.3, -0.25) is 23.7 Å². The number of aliphatic imine (C=N–C) groups is 1. The molecule has 2 aromatic heterocycles. The maximum Gasteiger partial charge on any atom is 0.459 e. The third-order valence-electron chi connectivity index (χ3n) is 5.49. The van der Waals surface area contributed by atoms with Gasteiger partial charge in [0.05, 0.1) is 25.9 Å². The molecule has 42 heavy (non-hydrogen) atoms. The highest BCUT2D eigenvalue weighted by Gasteiger charge is 2.32. The Balaban J connectivity index is 1.35. The number of carbonyl (C=O) groups excluding carboxylic acids is 1. The van der Waals surface area contributed by atoms with E-state index < -0.39 is 25.3 Å². The van der Waals surface area contributed by atoms with Crippen LogP contribution in [-0.4, -0.2) is 70.1 Å². The number of esters is 1. The number of benzene rings is 2. The normalized spacial score (nSPS) is 13.6. The van der Waals surface area contributed by atoms with E-state index in [0.29, 0.717) is 0 Å². The van der Waals surface area contributed by atoms with Gasteiger partial charge in [-0.15, -0.1) is 0 Å². The van der Waals surface area contributed by atoms with Gasteiger partial charge < -0.3 is 18.9 Å². The number of nitrogens with zero attached hydrogens (tertiary/aromatic N) is 5. The Labute approximate surface area is 241 Å². The lowest BCUT2D eigenvalue weighted by Gasteiger charge is -2.23. The van der Waals surface area contributed by atoms with Crippen molar-refractivity contribution in [3.05, 3.63) is 82.9 Å². The van der Waals surface area contributed by atoms with Gasteiger partial charge in [-0.1, -0.05) is 48.5 Å². The summed E-state index contributed by atoms with van der Waals surface area (Å²) in [4.78, 5) is 41.7. The predicted octanol–water partition coefficient (Wildman–Crippen LogP) is 3.24. The highest BCUT2D eigenvalue weighted by atomic mass is 31.2. The Morgan fingerprint density at radius 1 is 1.14 bits per heavy atom. The second-order valence-corrected chi connectivity index (χ2v) is 10.9. The van der Waals surface area contributed by atoms with Crippen molar-refractivity contribution >= 4 is 37.2 Å². The number of aromatic amines is 1. The first-order chi connectivity index (χ1) is 20.2. The van der Waals surface area contributed by atoms with E-state index in [0.717, 1.165) is 5.56 Å². The highest BCUT2D eigenvalue weighted by Crippen LogP contribution is 2.44. The van der Waals surface area contributed by atoms with Crippen molar-refractivity contribution in [3.8, 4) is 5.75 Å². The molecule has 0 bridgehead atoms. The van der Waals surface area contributed by atoms with Gasteiger partial charge in [0, 0.05) is 14.1 Å². The zero-order valence-corrected chi connectivity index (χ0v) is 24.3. The fraction of sp³-hybridized carbons (Fsp3) is 0.296. The standard InChI is InChI=1S/C27H32N7O7P/c1-20(26(36)39-16-21-10-6-4-7-11-21)32-42(37,41-22-12-8-5-9-13-22)40-15-14-38-19-34-18-28-23-24(34)30-27(31-25(23)35)29-17-33(2)3/h4-13,17-18,20H,14-16,19H2,1-3H3,(H,32,37)(H,30,31,35)/b29-17+/t20-,42?/m0/s1. The molecule has 4 rings (SSSR count). The van der Waals surface area contributed by atoms with Gasteiger partial charge >= 0.3 is 13.7 Å². The van der Waals surface area contributed by atoms with Crippen LogP contribution in [0.3, 0.4) is 0 Å². The number of H-pyrrole nitrogens is 1. The molecule has 0 radical (unpaired) electrons. The molecular formula is C27H32N7O7P. The molecule has 2 N–H and O–H groups in total. The molecule has 0 aliphatic rings. The molecule has 4 aromatic rings. The van der Waals surface area contributed by atoms with Gasteiger partial charge in [0.1, 0.15) is 25.1 Å². The van der Waals surface area contributed by atoms with Crippen molar-refractivity contribution in [1.29, 1.82) is 0 Å². The fourth-order valence-corrected chi connectivity index (χ4v) is 4.97. The van der Waals surface area contributed by atoms with Crippen LogP contribution in [0.15, 0.2) is 76.8 Å². The number of fused-ring (bicyclic) bond motifs is 1. The summed E-state index contributed by atoms with van der Waals surface area (Å²) in [7, 11) is -0.464. The maximum atomic E-state index is 13.6. The first-order valence-electron chi connectivity index (χ1n) is 12.9. The van der Waals surface area contributed by atoms with E-state index in [1.807, 2.05) is 30.3 Å². The molecule has 0 aliphatic carbocycles. The Kier molecular flexibility index (Phi) is 10.6. The number of ether oxygens (including phenoxy) is 2. The molecule has 0 aliphatic heterocycles. The number of carbonyl (C=O) groups is 1. The summed E-state index contributed by atoms with van der Waals surface area (Å²) in [6.07, 6.45) is 2.92. The number of hydrogen-bond acceptors (Lipinski definition) is 10. The van der Waals surface area contributed by atoms with Crippen LogP contribution in [0.25, 0.3) is 11.2 Å². The minimum atomic E-state index is -4.04. The largest absolute Gasteiger partial charge is 0.460 e. The molecule has 0 saturated carbocycles. The number of hydrogen-bond donors (Lipinski definition) is 2. The van der Waals surface area contributed by atoms with Crippen LogP contribution in [0.1, 0.15) is 12.5 Å². The molecule has 0 saturated heterocycles. The van der Waals surface area contributed by atoms with Crippen LogP contribution in [-0.2, 0) is 36.7 Å². The van der Waals surface area contributed by atoms with Crippen LogP contribution in [0, 0.1) is 0 Å². The lowest BCUT2D eigenvalue weighted by molar-refractivity contribution is -0.146. The average molecular weight is 598 g/mol. The van der Waals surface area contributed by atoms with E-state index in [-0.39, 0.29) is 49.4 Å². The average Bonchev–Trinajstić information content (AvgIpc) is 3.39. The van der Waals surface area contributed by atoms with E-state index in [4.69, 9.17) is 18.5 Å². The van der Waals surface area contributed by atoms with Gasteiger partial charge in [0.15, 0.2) is 11.2 Å². The number of aromatic nitrogens is 4. The van der Waals surface area contributed by atoms with Crippen LogP contribution < -0.4 is 15.2 Å². The Morgan fingerprint density at radius 3 is 2.57 bits per heavy atom. The van der Waals surface area contributed by atoms with Crippen molar-refractivity contribution in [2.24, 2.45) is 4.99 Å². The molecule has 14 nitrogen and oxygen atoms in total. The monoisotopic (exact) mass is 597 g/mol. The summed E-state index contributed by atoms with van der Waals surface area (Å²) in [5, 5.41) is 2.64. The smallest absolute Gasteiger partial charge is 0.459 e. The van der Waals surface area contributed by atoms with Crippen LogP contribution in [0.4, 0.5) is 5.95 Å². The van der Waals surface area contributed by atoms with E-state index in [1.54, 1.807) is 49.3 Å². The van der Waals surface area contributed by atoms with Crippen molar-refractivity contribution in [2.45, 2.75) is 26.3 Å². The van der Waals surface area contributed by atoms with Gasteiger partial charge in [-0.2, -0.15) is 10.1 Å². The zero-order chi connectivity index (χ0) is 30.0. The Hall–Kier alpha value is -4.36. The molecule has 222 valence electrons. The minimum absolute atomic E-state index is 0.00877. The first-order valence-corrected chi connectivity index (χ1v) is 14.5. The van der Waals surface area contributed by atoms with Crippen LogP contribution in [0.2, 0.25) is 0 Å². The molecule has 2 atom stereocenters. The first kappa shape index (κ1) is 30.6. The van der Waals surface area contributed by atoms with Gasteiger partial charge in [-0.05, 0) is 24.6 Å². The van der Waals surface area contributed by atoms with Gasteiger partial charge in [0.25, 0.3) is 5.56 Å². The third kappa shape index (κ3) is 8.82. The summed E-state index contributed by atoms with van der Waals surface area (Å²) in [6, 6.07) is 16.6. The van der Waals surface area contributed by atoms with Crippen molar-refractivity contribution < 1.29 is 27.9 Å². The number of rotatable bonds is 15. The van der Waals surface area contributed by atoms with Crippen molar-refractivity contribution in [3.63, 3.8) is 0 Å². The van der Waals surface area contributed by atoms with Gasteiger partial charge in [0.2, 0.25) is 5.95 Å². The molecule has 0 spiro atoms. The second-order valence-electron chi connectivity index (χ2n) is 9.20. The topological polar surface area (TPSA) is 162 Å². The zero-order valence-electron chi connectivity index (χ0n) is 23.4. The summed E-state index contributed by atoms with van der Waals surface area (Å²) < 4.78 is 37.4. The minimum Gasteiger partial charge on any atom is -0.460 e. The third-order valence-corrected chi connectivity index (χ3v) is 7.17. The number of imidazole rings is 1. The van der Waals surface area contributed by atoms with Crippen LogP contribution >= 0.6 is 7.75 Å². The Morgan fingerprint density at radius 2 is 1.86 bits per heavy atom. The quantitative estimate of drug-likeness (QED) is 0.0680. The SMILES string of the molecule is C[C@H](NP(=O)(OCCOCn1cnc2c(=O)[nH]c(/N=C/N(C)C)nc21)Oc1ccccc1)C(=O)OCc1ccccc1. The van der Waals surface area contributed by atoms with Crippen LogP contribution in [0.5, 0.6) is 5.75 Å². The van der Waals surface area contributed by atoms with E-state index in [1.165, 1.54) is 24.2 Å². The molecule has 15 heteroatoms. The second kappa shape index (κ2) is 14.5. The Bertz CT molecular complexity index is 1590. The molecule has 2 heterocycles. The van der Waals surface area contributed by atoms with E-state index in [9.17, 15) is 14.2 Å². The molecule has 0 amide bonds. The summed E-state index contributed by atoms with van der Waals surface area (Å²) in [6.45, 7) is 1.39.